The highest BCUT2D eigenvalue weighted by Crippen LogP contribution is 2.24. The van der Waals surface area contributed by atoms with Crippen LogP contribution in [0.5, 0.6) is 0 Å². The summed E-state index contributed by atoms with van der Waals surface area (Å²) in [5.74, 6) is -0.541. The van der Waals surface area contributed by atoms with E-state index < -0.39 is 5.82 Å². The fraction of sp³-hybridized carbons (Fsp3) is 0.188. The van der Waals surface area contributed by atoms with Gasteiger partial charge in [-0.05, 0) is 43.7 Å². The Bertz CT molecular complexity index is 675. The molecule has 2 aromatic carbocycles. The molecule has 2 aromatic rings. The summed E-state index contributed by atoms with van der Waals surface area (Å²) >= 11 is 7.21. The Labute approximate surface area is 132 Å². The summed E-state index contributed by atoms with van der Waals surface area (Å²) in [4.78, 5) is 12.9. The zero-order chi connectivity index (χ0) is 15.4. The molecule has 5 heteroatoms. The molecule has 0 atom stereocenters. The van der Waals surface area contributed by atoms with Crippen molar-refractivity contribution >= 4 is 35.0 Å². The number of nitrogens with one attached hydrogen (secondary N) is 1. The van der Waals surface area contributed by atoms with Crippen LogP contribution in [0.1, 0.15) is 11.1 Å². The van der Waals surface area contributed by atoms with Crippen molar-refractivity contribution in [1.82, 2.24) is 0 Å². The fourth-order valence-corrected chi connectivity index (χ4v) is 2.87. The number of hydrogen-bond acceptors (Lipinski definition) is 2. The molecule has 0 bridgehead atoms. The largest absolute Gasteiger partial charge is 0.323 e. The van der Waals surface area contributed by atoms with Gasteiger partial charge in [-0.1, -0.05) is 29.3 Å². The molecule has 0 fully saturated rings. The van der Waals surface area contributed by atoms with Crippen molar-refractivity contribution in [1.29, 1.82) is 0 Å². The normalized spacial score (nSPS) is 10.5. The van der Waals surface area contributed by atoms with E-state index in [0.717, 1.165) is 10.5 Å². The summed E-state index contributed by atoms with van der Waals surface area (Å²) in [7, 11) is 0. The van der Waals surface area contributed by atoms with Gasteiger partial charge in [0.15, 0.2) is 0 Å². The Morgan fingerprint density at radius 3 is 2.71 bits per heavy atom. The van der Waals surface area contributed by atoms with Crippen LogP contribution >= 0.6 is 23.4 Å². The van der Waals surface area contributed by atoms with Crippen molar-refractivity contribution in [2.45, 2.75) is 18.7 Å². The second-order valence-corrected chi connectivity index (χ2v) is 6.18. The van der Waals surface area contributed by atoms with E-state index in [1.54, 1.807) is 0 Å². The van der Waals surface area contributed by atoms with E-state index in [1.165, 1.54) is 35.5 Å². The Balaban J connectivity index is 1.97. The average molecular weight is 324 g/mol. The maximum absolute atomic E-state index is 13.5. The van der Waals surface area contributed by atoms with Crippen molar-refractivity contribution in [3.63, 3.8) is 0 Å². The van der Waals surface area contributed by atoms with Crippen LogP contribution in [-0.4, -0.2) is 11.7 Å². The minimum atomic E-state index is -0.496. The molecule has 1 N–H and O–H groups in total. The van der Waals surface area contributed by atoms with E-state index >= 15 is 0 Å². The molecule has 0 aliphatic heterocycles. The zero-order valence-electron chi connectivity index (χ0n) is 11.7. The molecule has 0 aliphatic carbocycles. The first kappa shape index (κ1) is 15.9. The van der Waals surface area contributed by atoms with Gasteiger partial charge in [0.1, 0.15) is 5.82 Å². The molecule has 0 heterocycles. The maximum atomic E-state index is 13.5. The van der Waals surface area contributed by atoms with Gasteiger partial charge in [0.2, 0.25) is 5.91 Å². The van der Waals surface area contributed by atoms with Gasteiger partial charge in [0.05, 0.1) is 11.4 Å². The van der Waals surface area contributed by atoms with Gasteiger partial charge in [-0.3, -0.25) is 4.79 Å². The van der Waals surface area contributed by atoms with Gasteiger partial charge < -0.3 is 5.32 Å². The van der Waals surface area contributed by atoms with Crippen molar-refractivity contribution < 1.29 is 9.18 Å². The minimum absolute atomic E-state index is 0.105. The molecular formula is C16H15ClFNOS. The third-order valence-electron chi connectivity index (χ3n) is 2.89. The SMILES string of the molecule is Cc1ccc(SCC(=O)Nc2cc(Cl)ccc2F)c(C)c1. The monoisotopic (exact) mass is 323 g/mol. The third-order valence-corrected chi connectivity index (χ3v) is 4.30. The maximum Gasteiger partial charge on any atom is 0.234 e. The molecule has 110 valence electrons. The van der Waals surface area contributed by atoms with E-state index in [9.17, 15) is 9.18 Å². The number of anilines is 1. The second-order valence-electron chi connectivity index (χ2n) is 4.73. The second kappa shape index (κ2) is 6.96. The topological polar surface area (TPSA) is 29.1 Å². The zero-order valence-corrected chi connectivity index (χ0v) is 13.3. The number of halogens is 2. The molecule has 0 unspecified atom stereocenters. The molecule has 0 radical (unpaired) electrons. The van der Waals surface area contributed by atoms with Crippen molar-refractivity contribution in [2.24, 2.45) is 0 Å². The van der Waals surface area contributed by atoms with Crippen LogP contribution in [0.3, 0.4) is 0 Å². The van der Waals surface area contributed by atoms with Crippen LogP contribution in [0.25, 0.3) is 0 Å². The molecule has 2 nitrogen and oxygen atoms in total. The van der Waals surface area contributed by atoms with E-state index in [-0.39, 0.29) is 17.3 Å². The van der Waals surface area contributed by atoms with Gasteiger partial charge >= 0.3 is 0 Å². The van der Waals surface area contributed by atoms with Gasteiger partial charge in [-0.15, -0.1) is 11.8 Å². The molecule has 0 saturated heterocycles. The molecule has 1 amide bonds. The van der Waals surface area contributed by atoms with Gasteiger partial charge in [-0.2, -0.15) is 0 Å². The first-order valence-electron chi connectivity index (χ1n) is 6.40. The predicted molar refractivity (Wildman–Crippen MR) is 86.7 cm³/mol. The molecule has 0 aromatic heterocycles. The van der Waals surface area contributed by atoms with Gasteiger partial charge in [-0.25, -0.2) is 4.39 Å². The first-order chi connectivity index (χ1) is 9.95. The lowest BCUT2D eigenvalue weighted by Crippen LogP contribution is -2.15. The van der Waals surface area contributed by atoms with E-state index in [2.05, 4.69) is 11.4 Å². The number of carbonyl (C=O) groups excluding carboxylic acids is 1. The molecule has 21 heavy (non-hydrogen) atoms. The van der Waals surface area contributed by atoms with Gasteiger partial charge in [0.25, 0.3) is 0 Å². The smallest absolute Gasteiger partial charge is 0.234 e. The van der Waals surface area contributed by atoms with Crippen LogP contribution in [0.4, 0.5) is 10.1 Å². The third kappa shape index (κ3) is 4.48. The number of carbonyl (C=O) groups is 1. The van der Waals surface area contributed by atoms with Crippen LogP contribution in [0.2, 0.25) is 5.02 Å². The molecule has 0 saturated carbocycles. The average Bonchev–Trinajstić information content (AvgIpc) is 2.42. The lowest BCUT2D eigenvalue weighted by Gasteiger charge is -2.08. The highest BCUT2D eigenvalue weighted by Gasteiger charge is 2.09. The molecule has 2 rings (SSSR count). The quantitative estimate of drug-likeness (QED) is 0.817. The van der Waals surface area contributed by atoms with E-state index in [4.69, 9.17) is 11.6 Å². The van der Waals surface area contributed by atoms with Crippen molar-refractivity contribution in [2.75, 3.05) is 11.1 Å². The summed E-state index contributed by atoms with van der Waals surface area (Å²) in [6, 6.07) is 10.1. The Morgan fingerprint density at radius 1 is 1.24 bits per heavy atom. The van der Waals surface area contributed by atoms with Crippen LogP contribution < -0.4 is 5.32 Å². The highest BCUT2D eigenvalue weighted by atomic mass is 35.5. The molecular weight excluding hydrogens is 309 g/mol. The van der Waals surface area contributed by atoms with E-state index in [1.807, 2.05) is 26.0 Å². The lowest BCUT2D eigenvalue weighted by atomic mass is 10.2. The number of hydrogen-bond donors (Lipinski definition) is 1. The minimum Gasteiger partial charge on any atom is -0.323 e. The predicted octanol–water partition coefficient (Wildman–Crippen LogP) is 4.83. The lowest BCUT2D eigenvalue weighted by molar-refractivity contribution is -0.113. The van der Waals surface area contributed by atoms with Crippen LogP contribution in [0, 0.1) is 19.7 Å². The summed E-state index contributed by atoms with van der Waals surface area (Å²) in [5.41, 5.74) is 2.41. The summed E-state index contributed by atoms with van der Waals surface area (Å²) in [6.07, 6.45) is 0. The van der Waals surface area contributed by atoms with Crippen molar-refractivity contribution in [3.8, 4) is 0 Å². The Kier molecular flexibility index (Phi) is 5.26. The number of rotatable bonds is 4. The molecule has 0 aliphatic rings. The first-order valence-corrected chi connectivity index (χ1v) is 7.77. The number of aryl methyl sites for hydroxylation is 2. The fourth-order valence-electron chi connectivity index (χ4n) is 1.88. The Morgan fingerprint density at radius 2 is 2.00 bits per heavy atom. The highest BCUT2D eigenvalue weighted by molar-refractivity contribution is 8.00. The van der Waals surface area contributed by atoms with Crippen LogP contribution in [0.15, 0.2) is 41.3 Å². The summed E-state index contributed by atoms with van der Waals surface area (Å²) < 4.78 is 13.5. The summed E-state index contributed by atoms with van der Waals surface area (Å²) in [5, 5.41) is 2.92. The van der Waals surface area contributed by atoms with E-state index in [0.29, 0.717) is 5.02 Å². The number of benzene rings is 2. The number of amides is 1. The summed E-state index contributed by atoms with van der Waals surface area (Å²) in [6.45, 7) is 4.03. The Hall–Kier alpha value is -1.52. The number of thioether (sulfide) groups is 1. The van der Waals surface area contributed by atoms with Gasteiger partial charge in [0, 0.05) is 9.92 Å². The van der Waals surface area contributed by atoms with Crippen LogP contribution in [-0.2, 0) is 4.79 Å². The van der Waals surface area contributed by atoms with Crippen molar-refractivity contribution in [3.05, 3.63) is 58.4 Å². The standard InChI is InChI=1S/C16H15ClFNOS/c1-10-3-6-15(11(2)7-10)21-9-16(20)19-14-8-12(17)4-5-13(14)18/h3-8H,9H2,1-2H3,(H,19,20). The molecule has 0 spiro atoms.